The monoisotopic (exact) mass is 206 g/mol. The summed E-state index contributed by atoms with van der Waals surface area (Å²) in [5.41, 5.74) is 0. The first kappa shape index (κ1) is 10.5. The van der Waals surface area contributed by atoms with Gasteiger partial charge in [-0.25, -0.2) is 8.42 Å². The second-order valence-corrected chi connectivity index (χ2v) is 5.93. The second-order valence-electron chi connectivity index (χ2n) is 3.44. The Bertz CT molecular complexity index is 310. The van der Waals surface area contributed by atoms with Crippen LogP contribution in [-0.2, 0) is 14.8 Å². The van der Waals surface area contributed by atoms with Gasteiger partial charge in [-0.1, -0.05) is 0 Å². The first-order valence-electron chi connectivity index (χ1n) is 4.08. The van der Waals surface area contributed by atoms with Crippen LogP contribution in [0.2, 0.25) is 0 Å². The maximum atomic E-state index is 11.6. The van der Waals surface area contributed by atoms with Crippen molar-refractivity contribution in [3.8, 4) is 0 Å². The Morgan fingerprint density at radius 1 is 1.38 bits per heavy atom. The van der Waals surface area contributed by atoms with Crippen LogP contribution in [0, 0.1) is 0 Å². The molecule has 76 valence electrons. The fourth-order valence-electron chi connectivity index (χ4n) is 1.11. The Kier molecular flexibility index (Phi) is 2.63. The molecule has 1 fully saturated rings. The lowest BCUT2D eigenvalue weighted by atomic mass is 10.6. The molecule has 1 aliphatic heterocycles. The number of carbonyl (C=O) groups is 1. The molecule has 0 saturated carbocycles. The molecule has 1 heterocycles. The van der Waals surface area contributed by atoms with Crippen LogP contribution in [-0.4, -0.2) is 49.0 Å². The summed E-state index contributed by atoms with van der Waals surface area (Å²) in [7, 11) is -1.68. The quantitative estimate of drug-likeness (QED) is 0.609. The third-order valence-corrected chi connectivity index (χ3v) is 4.22. The van der Waals surface area contributed by atoms with E-state index in [1.54, 1.807) is 20.9 Å². The van der Waals surface area contributed by atoms with Gasteiger partial charge in [0.1, 0.15) is 0 Å². The van der Waals surface area contributed by atoms with Crippen molar-refractivity contribution in [1.29, 1.82) is 0 Å². The van der Waals surface area contributed by atoms with E-state index in [1.165, 1.54) is 9.21 Å². The maximum Gasteiger partial charge on any atom is 0.238 e. The standard InChI is InChI=1S/C7H14N2O3S/c1-6(2)13(11,12)9-4-7(10)8(3)5-9/h6H,4-5H2,1-3H3. The molecule has 1 rings (SSSR count). The zero-order valence-electron chi connectivity index (χ0n) is 8.02. The molecule has 1 saturated heterocycles. The van der Waals surface area contributed by atoms with Crippen LogP contribution in [0.25, 0.3) is 0 Å². The van der Waals surface area contributed by atoms with Gasteiger partial charge in [-0.3, -0.25) is 4.79 Å². The van der Waals surface area contributed by atoms with Crippen molar-refractivity contribution < 1.29 is 13.2 Å². The first-order valence-corrected chi connectivity index (χ1v) is 5.59. The van der Waals surface area contributed by atoms with E-state index in [-0.39, 0.29) is 19.1 Å². The minimum absolute atomic E-state index is 0.0169. The third kappa shape index (κ3) is 1.83. The number of likely N-dealkylation sites (N-methyl/N-ethyl adjacent to an activating group) is 1. The van der Waals surface area contributed by atoms with E-state index < -0.39 is 15.3 Å². The molecule has 0 aliphatic carbocycles. The topological polar surface area (TPSA) is 57.7 Å². The Balaban J connectivity index is 2.83. The van der Waals surface area contributed by atoms with E-state index in [0.717, 1.165) is 0 Å². The molecule has 1 amide bonds. The lowest BCUT2D eigenvalue weighted by Crippen LogP contribution is -2.35. The average molecular weight is 206 g/mol. The Hall–Kier alpha value is -0.620. The Labute approximate surface area is 78.4 Å². The second kappa shape index (κ2) is 3.26. The van der Waals surface area contributed by atoms with E-state index in [0.29, 0.717) is 0 Å². The summed E-state index contributed by atoms with van der Waals surface area (Å²) in [5, 5.41) is -0.466. The number of nitrogens with zero attached hydrogens (tertiary/aromatic N) is 2. The predicted octanol–water partition coefficient (Wildman–Crippen LogP) is -0.544. The highest BCUT2D eigenvalue weighted by atomic mass is 32.2. The van der Waals surface area contributed by atoms with Crippen molar-refractivity contribution in [1.82, 2.24) is 9.21 Å². The highest BCUT2D eigenvalue weighted by Crippen LogP contribution is 2.13. The molecule has 0 atom stereocenters. The number of hydrogen-bond acceptors (Lipinski definition) is 3. The van der Waals surface area contributed by atoms with Crippen LogP contribution in [0.4, 0.5) is 0 Å². The number of hydrogen-bond donors (Lipinski definition) is 0. The fraction of sp³-hybridized carbons (Fsp3) is 0.857. The molecule has 0 aromatic heterocycles. The Morgan fingerprint density at radius 3 is 2.23 bits per heavy atom. The molecule has 0 unspecified atom stereocenters. The van der Waals surface area contributed by atoms with Crippen LogP contribution in [0.5, 0.6) is 0 Å². The van der Waals surface area contributed by atoms with E-state index in [1.807, 2.05) is 0 Å². The summed E-state index contributed by atoms with van der Waals surface area (Å²) in [6.07, 6.45) is 0. The summed E-state index contributed by atoms with van der Waals surface area (Å²) < 4.78 is 24.3. The summed E-state index contributed by atoms with van der Waals surface area (Å²) in [4.78, 5) is 12.5. The van der Waals surface area contributed by atoms with Crippen molar-refractivity contribution in [3.63, 3.8) is 0 Å². The van der Waals surface area contributed by atoms with E-state index in [9.17, 15) is 13.2 Å². The van der Waals surface area contributed by atoms with Crippen LogP contribution in [0.15, 0.2) is 0 Å². The molecular formula is C7H14N2O3S. The molecular weight excluding hydrogens is 192 g/mol. The average Bonchev–Trinajstić information content (AvgIpc) is 2.32. The molecule has 0 N–H and O–H groups in total. The van der Waals surface area contributed by atoms with E-state index >= 15 is 0 Å². The lowest BCUT2D eigenvalue weighted by molar-refractivity contribution is -0.125. The molecule has 0 radical (unpaired) electrons. The molecule has 0 spiro atoms. The Morgan fingerprint density at radius 2 is 1.92 bits per heavy atom. The summed E-state index contributed by atoms with van der Waals surface area (Å²) in [5.74, 6) is -0.149. The molecule has 0 aromatic rings. The van der Waals surface area contributed by atoms with Crippen molar-refractivity contribution in [2.75, 3.05) is 20.3 Å². The predicted molar refractivity (Wildman–Crippen MR) is 48.4 cm³/mol. The van der Waals surface area contributed by atoms with Gasteiger partial charge in [-0.2, -0.15) is 4.31 Å². The highest BCUT2D eigenvalue weighted by Gasteiger charge is 2.34. The van der Waals surface area contributed by atoms with Crippen LogP contribution >= 0.6 is 0 Å². The SMILES string of the molecule is CC(C)S(=O)(=O)N1CC(=O)N(C)C1. The number of sulfonamides is 1. The van der Waals surface area contributed by atoms with Crippen molar-refractivity contribution >= 4 is 15.9 Å². The lowest BCUT2D eigenvalue weighted by Gasteiger charge is -2.17. The summed E-state index contributed by atoms with van der Waals surface area (Å²) in [6, 6.07) is 0. The van der Waals surface area contributed by atoms with Crippen molar-refractivity contribution in [2.45, 2.75) is 19.1 Å². The molecule has 1 aliphatic rings. The highest BCUT2D eigenvalue weighted by molar-refractivity contribution is 7.89. The first-order chi connectivity index (χ1) is 5.85. The molecule has 5 nitrogen and oxygen atoms in total. The summed E-state index contributed by atoms with van der Waals surface area (Å²) in [6.45, 7) is 3.38. The van der Waals surface area contributed by atoms with Gasteiger partial charge in [0.15, 0.2) is 0 Å². The molecule has 13 heavy (non-hydrogen) atoms. The van der Waals surface area contributed by atoms with E-state index in [2.05, 4.69) is 0 Å². The van der Waals surface area contributed by atoms with Gasteiger partial charge in [0.05, 0.1) is 18.5 Å². The maximum absolute atomic E-state index is 11.6. The third-order valence-electron chi connectivity index (χ3n) is 2.06. The number of amides is 1. The zero-order valence-corrected chi connectivity index (χ0v) is 8.84. The normalized spacial score (nSPS) is 20.3. The largest absolute Gasteiger partial charge is 0.331 e. The van der Waals surface area contributed by atoms with Gasteiger partial charge in [-0.15, -0.1) is 0 Å². The fourth-order valence-corrected chi connectivity index (χ4v) is 2.33. The van der Waals surface area contributed by atoms with Crippen LogP contribution in [0.1, 0.15) is 13.8 Å². The summed E-state index contributed by atoms with van der Waals surface area (Å²) >= 11 is 0. The van der Waals surface area contributed by atoms with Gasteiger partial charge >= 0.3 is 0 Å². The van der Waals surface area contributed by atoms with Crippen LogP contribution < -0.4 is 0 Å². The zero-order chi connectivity index (χ0) is 10.2. The minimum Gasteiger partial charge on any atom is -0.331 e. The van der Waals surface area contributed by atoms with Crippen molar-refractivity contribution in [2.24, 2.45) is 0 Å². The number of rotatable bonds is 2. The molecule has 0 aromatic carbocycles. The van der Waals surface area contributed by atoms with Crippen LogP contribution in [0.3, 0.4) is 0 Å². The molecule has 0 bridgehead atoms. The van der Waals surface area contributed by atoms with Crippen molar-refractivity contribution in [3.05, 3.63) is 0 Å². The smallest absolute Gasteiger partial charge is 0.238 e. The minimum atomic E-state index is -3.27. The number of carbonyl (C=O) groups excluding carboxylic acids is 1. The van der Waals surface area contributed by atoms with E-state index in [4.69, 9.17) is 0 Å². The molecule has 6 heteroatoms. The van der Waals surface area contributed by atoms with Gasteiger partial charge in [0.25, 0.3) is 0 Å². The van der Waals surface area contributed by atoms with Gasteiger partial charge in [0, 0.05) is 7.05 Å². The van der Waals surface area contributed by atoms with Gasteiger partial charge in [0.2, 0.25) is 15.9 Å². The van der Waals surface area contributed by atoms with Gasteiger partial charge < -0.3 is 4.90 Å². The van der Waals surface area contributed by atoms with Gasteiger partial charge in [-0.05, 0) is 13.8 Å².